The normalized spacial score (nSPS) is 22.6. The van der Waals surface area contributed by atoms with Crippen LogP contribution in [0.15, 0.2) is 0 Å². The summed E-state index contributed by atoms with van der Waals surface area (Å²) < 4.78 is 0. The van der Waals surface area contributed by atoms with Gasteiger partial charge in [-0.3, -0.25) is 9.69 Å². The zero-order valence-corrected chi connectivity index (χ0v) is 9.67. The maximum atomic E-state index is 11.8. The van der Waals surface area contributed by atoms with Gasteiger partial charge in [0.15, 0.2) is 0 Å². The maximum Gasteiger partial charge on any atom is 0.237 e. The third-order valence-corrected chi connectivity index (χ3v) is 2.87. The fourth-order valence-electron chi connectivity index (χ4n) is 2.15. The lowest BCUT2D eigenvalue weighted by Gasteiger charge is -2.28. The van der Waals surface area contributed by atoms with Gasteiger partial charge in [0.05, 0.1) is 6.04 Å². The van der Waals surface area contributed by atoms with Gasteiger partial charge in [-0.2, -0.15) is 0 Å². The molecule has 0 aromatic heterocycles. The van der Waals surface area contributed by atoms with Crippen molar-refractivity contribution in [2.24, 2.45) is 5.73 Å². The molecule has 0 bridgehead atoms. The maximum absolute atomic E-state index is 11.8. The van der Waals surface area contributed by atoms with Crippen LogP contribution in [0, 0.1) is 0 Å². The van der Waals surface area contributed by atoms with Crippen molar-refractivity contribution in [3.63, 3.8) is 0 Å². The summed E-state index contributed by atoms with van der Waals surface area (Å²) in [5, 5.41) is 2.97. The number of hydrogen-bond donors (Lipinski definition) is 2. The highest BCUT2D eigenvalue weighted by atomic mass is 16.2. The number of carbonyl (C=O) groups is 1. The fraction of sp³-hybridized carbons (Fsp3) is 0.909. The van der Waals surface area contributed by atoms with Gasteiger partial charge in [0.1, 0.15) is 0 Å². The van der Waals surface area contributed by atoms with Crippen molar-refractivity contribution in [1.82, 2.24) is 10.2 Å². The van der Waals surface area contributed by atoms with E-state index in [1.165, 1.54) is 0 Å². The van der Waals surface area contributed by atoms with Gasteiger partial charge >= 0.3 is 0 Å². The summed E-state index contributed by atoms with van der Waals surface area (Å²) in [6, 6.07) is 0.0519. The van der Waals surface area contributed by atoms with E-state index in [0.29, 0.717) is 6.54 Å². The molecule has 88 valence electrons. The van der Waals surface area contributed by atoms with Gasteiger partial charge in [0.25, 0.3) is 0 Å². The standard InChI is InChI=1S/C11H23N3O/c1-2-8-14(9-6-12)10-5-3-4-7-13-11(10)15/h10H,2-9,12H2,1H3,(H,13,15). The highest BCUT2D eigenvalue weighted by Crippen LogP contribution is 2.12. The number of carbonyl (C=O) groups excluding carboxylic acids is 1. The van der Waals surface area contributed by atoms with E-state index in [1.54, 1.807) is 0 Å². The molecular formula is C11H23N3O. The number of rotatable bonds is 5. The van der Waals surface area contributed by atoms with Crippen LogP contribution >= 0.6 is 0 Å². The second kappa shape index (κ2) is 6.80. The Balaban J connectivity index is 2.57. The molecule has 1 aliphatic heterocycles. The van der Waals surface area contributed by atoms with E-state index in [4.69, 9.17) is 5.73 Å². The Hall–Kier alpha value is -0.610. The van der Waals surface area contributed by atoms with Gasteiger partial charge in [-0.15, -0.1) is 0 Å². The molecule has 1 rings (SSSR count). The lowest BCUT2D eigenvalue weighted by atomic mass is 10.1. The third kappa shape index (κ3) is 3.80. The van der Waals surface area contributed by atoms with Crippen LogP contribution in [0.25, 0.3) is 0 Å². The highest BCUT2D eigenvalue weighted by Gasteiger charge is 2.25. The van der Waals surface area contributed by atoms with Crippen LogP contribution < -0.4 is 11.1 Å². The molecule has 1 saturated heterocycles. The molecule has 0 aromatic carbocycles. The van der Waals surface area contributed by atoms with Crippen LogP contribution in [-0.2, 0) is 4.79 Å². The van der Waals surface area contributed by atoms with Crippen LogP contribution in [-0.4, -0.2) is 43.0 Å². The molecule has 1 heterocycles. The first-order valence-corrected chi connectivity index (χ1v) is 6.01. The molecule has 0 radical (unpaired) electrons. The lowest BCUT2D eigenvalue weighted by Crippen LogP contribution is -2.47. The monoisotopic (exact) mass is 213 g/mol. The molecule has 1 aliphatic rings. The van der Waals surface area contributed by atoms with Gasteiger partial charge in [-0.25, -0.2) is 0 Å². The first-order valence-electron chi connectivity index (χ1n) is 6.01. The van der Waals surface area contributed by atoms with Crippen molar-refractivity contribution in [1.29, 1.82) is 0 Å². The number of nitrogens with zero attached hydrogens (tertiary/aromatic N) is 1. The van der Waals surface area contributed by atoms with Crippen LogP contribution in [0.2, 0.25) is 0 Å². The summed E-state index contributed by atoms with van der Waals surface area (Å²) in [6.45, 7) is 5.39. The highest BCUT2D eigenvalue weighted by molar-refractivity contribution is 5.81. The number of nitrogens with one attached hydrogen (secondary N) is 1. The van der Waals surface area contributed by atoms with E-state index in [9.17, 15) is 4.79 Å². The molecule has 0 spiro atoms. The summed E-state index contributed by atoms with van der Waals surface area (Å²) in [5.74, 6) is 0.189. The minimum absolute atomic E-state index is 0.0519. The summed E-state index contributed by atoms with van der Waals surface area (Å²) >= 11 is 0. The zero-order chi connectivity index (χ0) is 11.1. The summed E-state index contributed by atoms with van der Waals surface area (Å²) in [4.78, 5) is 14.0. The molecule has 4 nitrogen and oxygen atoms in total. The van der Waals surface area contributed by atoms with Crippen molar-refractivity contribution in [3.8, 4) is 0 Å². The molecule has 4 heteroatoms. The molecule has 1 atom stereocenters. The van der Waals surface area contributed by atoms with Crippen molar-refractivity contribution >= 4 is 5.91 Å². The zero-order valence-electron chi connectivity index (χ0n) is 9.67. The minimum Gasteiger partial charge on any atom is -0.355 e. The first kappa shape index (κ1) is 12.5. The Kier molecular flexibility index (Phi) is 5.65. The van der Waals surface area contributed by atoms with Gasteiger partial charge < -0.3 is 11.1 Å². The van der Waals surface area contributed by atoms with E-state index < -0.39 is 0 Å². The van der Waals surface area contributed by atoms with Gasteiger partial charge in [0.2, 0.25) is 5.91 Å². The van der Waals surface area contributed by atoms with E-state index >= 15 is 0 Å². The van der Waals surface area contributed by atoms with Gasteiger partial charge in [-0.05, 0) is 32.2 Å². The molecular weight excluding hydrogens is 190 g/mol. The van der Waals surface area contributed by atoms with Gasteiger partial charge in [0, 0.05) is 19.6 Å². The largest absolute Gasteiger partial charge is 0.355 e. The quantitative estimate of drug-likeness (QED) is 0.692. The smallest absolute Gasteiger partial charge is 0.237 e. The number of hydrogen-bond acceptors (Lipinski definition) is 3. The van der Waals surface area contributed by atoms with Crippen molar-refractivity contribution in [3.05, 3.63) is 0 Å². The minimum atomic E-state index is 0.0519. The van der Waals surface area contributed by atoms with Crippen molar-refractivity contribution < 1.29 is 4.79 Å². The molecule has 3 N–H and O–H groups in total. The SMILES string of the molecule is CCCN(CCN)C1CCCCNC1=O. The molecule has 0 saturated carbocycles. The van der Waals surface area contributed by atoms with Crippen LogP contribution in [0.1, 0.15) is 32.6 Å². The molecule has 0 aliphatic carbocycles. The van der Waals surface area contributed by atoms with Crippen LogP contribution in [0.5, 0.6) is 0 Å². The summed E-state index contributed by atoms with van der Waals surface area (Å²) in [5.41, 5.74) is 5.58. The Morgan fingerprint density at radius 2 is 2.27 bits per heavy atom. The van der Waals surface area contributed by atoms with E-state index in [2.05, 4.69) is 17.1 Å². The van der Waals surface area contributed by atoms with E-state index in [0.717, 1.165) is 45.3 Å². The lowest BCUT2D eigenvalue weighted by molar-refractivity contribution is -0.126. The third-order valence-electron chi connectivity index (χ3n) is 2.87. The molecule has 1 unspecified atom stereocenters. The fourth-order valence-corrected chi connectivity index (χ4v) is 2.15. The number of amides is 1. The Labute approximate surface area is 92.2 Å². The summed E-state index contributed by atoms with van der Waals surface area (Å²) in [7, 11) is 0. The predicted molar refractivity (Wildman–Crippen MR) is 61.6 cm³/mol. The van der Waals surface area contributed by atoms with Crippen LogP contribution in [0.3, 0.4) is 0 Å². The van der Waals surface area contributed by atoms with E-state index in [-0.39, 0.29) is 11.9 Å². The molecule has 0 aromatic rings. The Bertz CT molecular complexity index is 190. The second-order valence-corrected chi connectivity index (χ2v) is 4.13. The Morgan fingerprint density at radius 3 is 2.93 bits per heavy atom. The first-order chi connectivity index (χ1) is 7.29. The molecule has 1 amide bonds. The second-order valence-electron chi connectivity index (χ2n) is 4.13. The average molecular weight is 213 g/mol. The predicted octanol–water partition coefficient (Wildman–Crippen LogP) is 0.326. The van der Waals surface area contributed by atoms with Crippen molar-refractivity contribution in [2.75, 3.05) is 26.2 Å². The van der Waals surface area contributed by atoms with Crippen LogP contribution in [0.4, 0.5) is 0 Å². The van der Waals surface area contributed by atoms with Gasteiger partial charge in [-0.1, -0.05) is 6.92 Å². The molecule has 15 heavy (non-hydrogen) atoms. The van der Waals surface area contributed by atoms with E-state index in [1.807, 2.05) is 0 Å². The molecule has 1 fully saturated rings. The topological polar surface area (TPSA) is 58.4 Å². The van der Waals surface area contributed by atoms with Crippen molar-refractivity contribution in [2.45, 2.75) is 38.6 Å². The average Bonchev–Trinajstić information content (AvgIpc) is 2.43. The number of nitrogens with two attached hydrogens (primary N) is 1. The summed E-state index contributed by atoms with van der Waals surface area (Å²) in [6.07, 6.45) is 4.29. The Morgan fingerprint density at radius 1 is 1.47 bits per heavy atom.